The summed E-state index contributed by atoms with van der Waals surface area (Å²) in [4.78, 5) is 46.1. The number of nitrogens with two attached hydrogens (primary N) is 1. The summed E-state index contributed by atoms with van der Waals surface area (Å²) in [5, 5.41) is 9.87. The Morgan fingerprint density at radius 1 is 1.02 bits per heavy atom. The molecule has 1 spiro atoms. The first-order valence-corrected chi connectivity index (χ1v) is 15.5. The fourth-order valence-corrected chi connectivity index (χ4v) is 6.42. The van der Waals surface area contributed by atoms with Crippen LogP contribution in [-0.4, -0.2) is 65.7 Å². The van der Waals surface area contributed by atoms with E-state index in [1.165, 1.54) is 51.8 Å². The number of nitrogen functional groups attached to an aromatic ring is 1. The van der Waals surface area contributed by atoms with Crippen LogP contribution >= 0.6 is 22.7 Å². The van der Waals surface area contributed by atoms with Crippen molar-refractivity contribution in [3.05, 3.63) is 81.6 Å². The van der Waals surface area contributed by atoms with Gasteiger partial charge in [-0.2, -0.15) is 0 Å². The van der Waals surface area contributed by atoms with Crippen LogP contribution in [0.4, 0.5) is 9.52 Å². The summed E-state index contributed by atoms with van der Waals surface area (Å²) < 4.78 is 30.4. The van der Waals surface area contributed by atoms with Gasteiger partial charge in [0.1, 0.15) is 23.4 Å². The van der Waals surface area contributed by atoms with E-state index >= 15 is 0 Å². The monoisotopic (exact) mass is 637 g/mol. The van der Waals surface area contributed by atoms with Crippen molar-refractivity contribution in [3.63, 3.8) is 0 Å². The maximum atomic E-state index is 13.3. The molecule has 228 valence electrons. The standard InChI is InChI=1S/C30H28FN5O6S2/c31-20-3-7-22(8-4-20)42-21-5-1-18(2-6-21)27(38)34-14-26(37)36-17-30(40-9-10-41-30)12-25(36)28(39)33-13-23-11-19(15-43-23)24-16-44-29(32)35-24/h1-8,11,15-16,25H,9-10,12-14,17H2,(H2,32,35)(H,33,39)(H,34,38). The zero-order valence-electron chi connectivity index (χ0n) is 23.3. The lowest BCUT2D eigenvalue weighted by Gasteiger charge is -2.24. The summed E-state index contributed by atoms with van der Waals surface area (Å²) in [5.74, 6) is -1.76. The van der Waals surface area contributed by atoms with Crippen molar-refractivity contribution in [1.82, 2.24) is 20.5 Å². The van der Waals surface area contributed by atoms with Crippen LogP contribution in [0.2, 0.25) is 0 Å². The van der Waals surface area contributed by atoms with Gasteiger partial charge in [-0.25, -0.2) is 9.37 Å². The molecule has 2 aromatic carbocycles. The number of thiophene rings is 1. The molecule has 6 rings (SSSR count). The summed E-state index contributed by atoms with van der Waals surface area (Å²) in [7, 11) is 0. The van der Waals surface area contributed by atoms with E-state index < -0.39 is 23.6 Å². The Hall–Kier alpha value is -4.37. The number of ether oxygens (including phenoxy) is 3. The van der Waals surface area contributed by atoms with Gasteiger partial charge < -0.3 is 35.5 Å². The van der Waals surface area contributed by atoms with Crippen LogP contribution in [0, 0.1) is 5.82 Å². The van der Waals surface area contributed by atoms with Gasteiger partial charge in [0.05, 0.1) is 38.5 Å². The van der Waals surface area contributed by atoms with Crippen molar-refractivity contribution >= 4 is 45.5 Å². The van der Waals surface area contributed by atoms with E-state index in [9.17, 15) is 18.8 Å². The first-order chi connectivity index (χ1) is 21.3. The lowest BCUT2D eigenvalue weighted by Crippen LogP contribution is -2.49. The molecule has 0 radical (unpaired) electrons. The molecular formula is C30H28FN5O6S2. The number of hydrogen-bond donors (Lipinski definition) is 3. The Bertz CT molecular complexity index is 1650. The van der Waals surface area contributed by atoms with Crippen LogP contribution in [0.3, 0.4) is 0 Å². The number of anilines is 1. The average molecular weight is 638 g/mol. The van der Waals surface area contributed by atoms with Gasteiger partial charge in [-0.3, -0.25) is 14.4 Å². The van der Waals surface area contributed by atoms with E-state index in [-0.39, 0.29) is 37.8 Å². The van der Waals surface area contributed by atoms with Crippen LogP contribution in [-0.2, 0) is 25.6 Å². The molecular weight excluding hydrogens is 609 g/mol. The fraction of sp³-hybridized carbons (Fsp3) is 0.267. The Balaban J connectivity index is 1.05. The molecule has 1 atom stereocenters. The van der Waals surface area contributed by atoms with Gasteiger partial charge in [-0.15, -0.1) is 22.7 Å². The number of rotatable bonds is 9. The Kier molecular flexibility index (Phi) is 8.57. The molecule has 11 nitrogen and oxygen atoms in total. The maximum Gasteiger partial charge on any atom is 0.251 e. The number of halogens is 1. The highest BCUT2D eigenvalue weighted by atomic mass is 32.1. The third kappa shape index (κ3) is 6.73. The molecule has 4 N–H and O–H groups in total. The lowest BCUT2D eigenvalue weighted by molar-refractivity contribution is -0.152. The van der Waals surface area contributed by atoms with Crippen molar-refractivity contribution in [1.29, 1.82) is 0 Å². The number of amides is 3. The van der Waals surface area contributed by atoms with E-state index in [0.29, 0.717) is 35.4 Å². The van der Waals surface area contributed by atoms with Crippen LogP contribution in [0.25, 0.3) is 11.3 Å². The Labute approximate surface area is 259 Å². The number of nitrogens with zero attached hydrogens (tertiary/aromatic N) is 2. The summed E-state index contributed by atoms with van der Waals surface area (Å²) in [5.41, 5.74) is 7.76. The van der Waals surface area contributed by atoms with E-state index in [1.807, 2.05) is 16.8 Å². The number of likely N-dealkylation sites (tertiary alicyclic amines) is 1. The zero-order chi connectivity index (χ0) is 30.7. The number of carbonyl (C=O) groups excluding carboxylic acids is 3. The first-order valence-electron chi connectivity index (χ1n) is 13.7. The van der Waals surface area contributed by atoms with Gasteiger partial charge in [0.2, 0.25) is 11.8 Å². The molecule has 1 unspecified atom stereocenters. The third-order valence-electron chi connectivity index (χ3n) is 7.20. The van der Waals surface area contributed by atoms with E-state index in [2.05, 4.69) is 15.6 Å². The number of thiazole rings is 1. The second kappa shape index (κ2) is 12.7. The maximum absolute atomic E-state index is 13.3. The number of benzene rings is 2. The summed E-state index contributed by atoms with van der Waals surface area (Å²) in [6.07, 6.45) is 0.182. The van der Waals surface area contributed by atoms with Gasteiger partial charge in [0.25, 0.3) is 5.91 Å². The normalized spacial score (nSPS) is 17.1. The summed E-state index contributed by atoms with van der Waals surface area (Å²) >= 11 is 2.85. The average Bonchev–Trinajstić information content (AvgIpc) is 3.84. The largest absolute Gasteiger partial charge is 0.457 e. The second-order valence-corrected chi connectivity index (χ2v) is 12.1. The quantitative estimate of drug-likeness (QED) is 0.252. The SMILES string of the molecule is Nc1nc(-c2csc(CNC(=O)C3CC4(CN3C(=O)CNC(=O)c3ccc(Oc5ccc(F)cc5)cc3)OCCO4)c2)cs1. The van der Waals surface area contributed by atoms with Gasteiger partial charge >= 0.3 is 0 Å². The van der Waals surface area contributed by atoms with Crippen molar-refractivity contribution in [2.75, 3.05) is 32.0 Å². The minimum Gasteiger partial charge on any atom is -0.457 e. The Morgan fingerprint density at radius 3 is 2.41 bits per heavy atom. The highest BCUT2D eigenvalue weighted by Crippen LogP contribution is 2.35. The molecule has 2 aliphatic heterocycles. The van der Waals surface area contributed by atoms with Crippen molar-refractivity contribution in [2.45, 2.75) is 24.8 Å². The summed E-state index contributed by atoms with van der Waals surface area (Å²) in [6.45, 7) is 0.759. The molecule has 2 aromatic heterocycles. The van der Waals surface area contributed by atoms with Crippen molar-refractivity contribution in [3.8, 4) is 22.8 Å². The summed E-state index contributed by atoms with van der Waals surface area (Å²) in [6, 6.07) is 13.0. The Morgan fingerprint density at radius 2 is 1.73 bits per heavy atom. The third-order valence-corrected chi connectivity index (χ3v) is 8.81. The molecule has 0 aliphatic carbocycles. The van der Waals surface area contributed by atoms with Crippen LogP contribution < -0.4 is 21.1 Å². The molecule has 3 amide bonds. The molecule has 4 heterocycles. The topological polar surface area (TPSA) is 145 Å². The molecule has 14 heteroatoms. The predicted molar refractivity (Wildman–Crippen MR) is 162 cm³/mol. The van der Waals surface area contributed by atoms with E-state index in [1.54, 1.807) is 24.3 Å². The van der Waals surface area contributed by atoms with Crippen LogP contribution in [0.1, 0.15) is 21.7 Å². The molecule has 0 bridgehead atoms. The number of carbonyl (C=O) groups is 3. The smallest absolute Gasteiger partial charge is 0.251 e. The minimum atomic E-state index is -1.05. The second-order valence-electron chi connectivity index (χ2n) is 10.2. The molecule has 44 heavy (non-hydrogen) atoms. The predicted octanol–water partition coefficient (Wildman–Crippen LogP) is 3.78. The minimum absolute atomic E-state index is 0.0730. The van der Waals surface area contributed by atoms with Gasteiger partial charge in [0.15, 0.2) is 10.9 Å². The van der Waals surface area contributed by atoms with Crippen molar-refractivity contribution in [2.24, 2.45) is 0 Å². The first kappa shape index (κ1) is 29.7. The van der Waals surface area contributed by atoms with Gasteiger partial charge in [0, 0.05) is 33.2 Å². The molecule has 2 saturated heterocycles. The van der Waals surface area contributed by atoms with E-state index in [0.717, 1.165) is 16.1 Å². The van der Waals surface area contributed by atoms with Crippen LogP contribution in [0.5, 0.6) is 11.5 Å². The van der Waals surface area contributed by atoms with E-state index in [4.69, 9.17) is 19.9 Å². The number of aromatic nitrogens is 1. The molecule has 2 fully saturated rings. The van der Waals surface area contributed by atoms with Crippen molar-refractivity contribution < 1.29 is 33.0 Å². The lowest BCUT2D eigenvalue weighted by atomic mass is 10.1. The van der Waals surface area contributed by atoms with Gasteiger partial charge in [-0.05, 0) is 54.6 Å². The highest BCUT2D eigenvalue weighted by Gasteiger charge is 2.52. The van der Waals surface area contributed by atoms with Gasteiger partial charge in [-0.1, -0.05) is 0 Å². The highest BCUT2D eigenvalue weighted by molar-refractivity contribution is 7.14. The number of hydrogen-bond acceptors (Lipinski definition) is 10. The molecule has 4 aromatic rings. The zero-order valence-corrected chi connectivity index (χ0v) is 24.9. The fourth-order valence-electron chi connectivity index (χ4n) is 5.03. The van der Waals surface area contributed by atoms with Crippen LogP contribution in [0.15, 0.2) is 65.4 Å². The molecule has 0 saturated carbocycles. The molecule has 2 aliphatic rings. The number of nitrogens with one attached hydrogen (secondary N) is 2.